The van der Waals surface area contributed by atoms with Gasteiger partial charge in [0.15, 0.2) is 17.2 Å². The fraction of sp³-hybridized carbons (Fsp3) is 0.231. The van der Waals surface area contributed by atoms with Crippen LogP contribution in [0, 0.1) is 0 Å². The van der Waals surface area contributed by atoms with Gasteiger partial charge in [0, 0.05) is 17.7 Å². The van der Waals surface area contributed by atoms with Crippen LogP contribution in [0.25, 0.3) is 5.65 Å². The first kappa shape index (κ1) is 23.0. The molecule has 2 aromatic heterocycles. The van der Waals surface area contributed by atoms with Crippen molar-refractivity contribution in [3.8, 4) is 17.4 Å². The maximum atomic E-state index is 12.6. The second-order valence-corrected chi connectivity index (χ2v) is 8.95. The molecule has 8 nitrogen and oxygen atoms in total. The number of hydrogen-bond acceptors (Lipinski definition) is 6. The van der Waals surface area contributed by atoms with Crippen molar-refractivity contribution in [1.82, 2.24) is 14.6 Å². The Morgan fingerprint density at radius 1 is 1.00 bits per heavy atom. The first-order chi connectivity index (χ1) is 16.2. The van der Waals surface area contributed by atoms with Gasteiger partial charge < -0.3 is 14.8 Å². The highest BCUT2D eigenvalue weighted by Crippen LogP contribution is 2.25. The maximum Gasteiger partial charge on any atom is 0.256 e. The van der Waals surface area contributed by atoms with E-state index < -0.39 is 0 Å². The van der Waals surface area contributed by atoms with E-state index in [0.717, 1.165) is 5.56 Å². The van der Waals surface area contributed by atoms with Crippen molar-refractivity contribution in [2.45, 2.75) is 33.1 Å². The van der Waals surface area contributed by atoms with Crippen LogP contribution in [-0.2, 0) is 10.2 Å². The summed E-state index contributed by atoms with van der Waals surface area (Å²) in [5.41, 5.74) is 2.29. The first-order valence-electron chi connectivity index (χ1n) is 10.9. The molecule has 0 aliphatic heterocycles. The number of hydrogen-bond donors (Lipinski definition) is 1. The number of carbonyl (C=O) groups is 2. The van der Waals surface area contributed by atoms with Gasteiger partial charge in [-0.1, -0.05) is 39.0 Å². The van der Waals surface area contributed by atoms with Crippen LogP contribution in [0.2, 0.25) is 0 Å². The predicted octanol–water partition coefficient (Wildman–Crippen LogP) is 5.04. The van der Waals surface area contributed by atoms with Crippen molar-refractivity contribution >= 4 is 23.2 Å². The molecule has 4 aromatic rings. The molecular formula is C26H26N4O4. The molecule has 0 saturated heterocycles. The van der Waals surface area contributed by atoms with E-state index >= 15 is 0 Å². The van der Waals surface area contributed by atoms with Crippen LogP contribution in [0.1, 0.15) is 43.6 Å². The zero-order valence-corrected chi connectivity index (χ0v) is 19.5. The predicted molar refractivity (Wildman–Crippen MR) is 129 cm³/mol. The van der Waals surface area contributed by atoms with Gasteiger partial charge in [0.1, 0.15) is 18.1 Å². The molecule has 0 radical (unpaired) electrons. The van der Waals surface area contributed by atoms with E-state index in [1.807, 2.05) is 24.3 Å². The molecule has 1 N–H and O–H groups in total. The van der Waals surface area contributed by atoms with Crippen molar-refractivity contribution < 1.29 is 19.1 Å². The van der Waals surface area contributed by atoms with E-state index in [-0.39, 0.29) is 23.7 Å². The Morgan fingerprint density at radius 2 is 1.74 bits per heavy atom. The molecule has 34 heavy (non-hydrogen) atoms. The van der Waals surface area contributed by atoms with Crippen LogP contribution in [-0.4, -0.2) is 32.9 Å². The van der Waals surface area contributed by atoms with Gasteiger partial charge in [0.25, 0.3) is 5.91 Å². The molecule has 0 saturated carbocycles. The summed E-state index contributed by atoms with van der Waals surface area (Å²) in [4.78, 5) is 28.2. The lowest BCUT2D eigenvalue weighted by Crippen LogP contribution is -2.14. The van der Waals surface area contributed by atoms with Gasteiger partial charge in [-0.15, -0.1) is 5.10 Å². The summed E-state index contributed by atoms with van der Waals surface area (Å²) in [5, 5.41) is 7.21. The second-order valence-electron chi connectivity index (χ2n) is 8.95. The van der Waals surface area contributed by atoms with E-state index in [1.54, 1.807) is 42.6 Å². The monoisotopic (exact) mass is 458 g/mol. The highest BCUT2D eigenvalue weighted by atomic mass is 16.5. The zero-order chi connectivity index (χ0) is 24.3. The Labute approximate surface area is 197 Å². The normalized spacial score (nSPS) is 11.3. The first-order valence-corrected chi connectivity index (χ1v) is 10.9. The minimum absolute atomic E-state index is 0.00205. The van der Waals surface area contributed by atoms with Crippen LogP contribution in [0.3, 0.4) is 0 Å². The molecule has 0 fully saturated rings. The SMILES string of the molecule is CC(=O)COc1cccc(Oc2ccc3nc(NC(=O)c4ccc(C(C)(C)C)cc4)cn3n2)c1. The van der Waals surface area contributed by atoms with Crippen molar-refractivity contribution in [2.75, 3.05) is 11.9 Å². The van der Waals surface area contributed by atoms with E-state index in [1.165, 1.54) is 11.4 Å². The third-order valence-electron chi connectivity index (χ3n) is 5.02. The summed E-state index contributed by atoms with van der Waals surface area (Å²) in [7, 11) is 0. The van der Waals surface area contributed by atoms with Crippen molar-refractivity contribution in [2.24, 2.45) is 0 Å². The zero-order valence-electron chi connectivity index (χ0n) is 19.5. The molecule has 8 heteroatoms. The summed E-state index contributed by atoms with van der Waals surface area (Å²) < 4.78 is 12.8. The molecule has 0 spiro atoms. The number of imidazole rings is 1. The summed E-state index contributed by atoms with van der Waals surface area (Å²) >= 11 is 0. The standard InChI is InChI=1S/C26H26N4O4/c1-17(31)16-33-20-6-5-7-21(14-20)34-24-13-12-23-27-22(15-30(23)29-24)28-25(32)18-8-10-19(11-9-18)26(2,3)4/h5-15H,16H2,1-4H3,(H,28,32). The van der Waals surface area contributed by atoms with Crippen LogP contribution in [0.5, 0.6) is 17.4 Å². The molecule has 1 amide bonds. The van der Waals surface area contributed by atoms with Gasteiger partial charge in [-0.25, -0.2) is 9.50 Å². The van der Waals surface area contributed by atoms with E-state index in [2.05, 4.69) is 36.2 Å². The molecule has 174 valence electrons. The largest absolute Gasteiger partial charge is 0.486 e. The smallest absolute Gasteiger partial charge is 0.256 e. The summed E-state index contributed by atoms with van der Waals surface area (Å²) in [6, 6.07) is 17.9. The third-order valence-corrected chi connectivity index (χ3v) is 5.02. The quantitative estimate of drug-likeness (QED) is 0.417. The maximum absolute atomic E-state index is 12.6. The average molecular weight is 459 g/mol. The van der Waals surface area contributed by atoms with Gasteiger partial charge in [0.2, 0.25) is 5.88 Å². The lowest BCUT2D eigenvalue weighted by atomic mass is 9.87. The highest BCUT2D eigenvalue weighted by molar-refractivity contribution is 6.03. The molecule has 0 unspecified atom stereocenters. The summed E-state index contributed by atoms with van der Waals surface area (Å²) in [6.07, 6.45) is 1.62. The number of Topliss-reactive ketones (excluding diaryl/α,β-unsaturated/α-hetero) is 1. The molecule has 0 aliphatic rings. The number of ketones is 1. The minimum atomic E-state index is -0.247. The fourth-order valence-electron chi connectivity index (χ4n) is 3.22. The second kappa shape index (κ2) is 9.35. The minimum Gasteiger partial charge on any atom is -0.486 e. The number of anilines is 1. The number of benzene rings is 2. The molecule has 0 aliphatic carbocycles. The highest BCUT2D eigenvalue weighted by Gasteiger charge is 2.15. The summed E-state index contributed by atoms with van der Waals surface area (Å²) in [6.45, 7) is 7.84. The molecule has 4 rings (SSSR count). The average Bonchev–Trinajstić information content (AvgIpc) is 3.19. The third kappa shape index (κ3) is 5.58. The Hall–Kier alpha value is -4.20. The lowest BCUT2D eigenvalue weighted by Gasteiger charge is -2.18. The van der Waals surface area contributed by atoms with Crippen LogP contribution in [0.4, 0.5) is 5.82 Å². The van der Waals surface area contributed by atoms with Gasteiger partial charge >= 0.3 is 0 Å². The van der Waals surface area contributed by atoms with Crippen molar-refractivity contribution in [3.05, 3.63) is 78.0 Å². The van der Waals surface area contributed by atoms with Crippen LogP contribution >= 0.6 is 0 Å². The fourth-order valence-corrected chi connectivity index (χ4v) is 3.22. The number of fused-ring (bicyclic) bond motifs is 1. The lowest BCUT2D eigenvalue weighted by molar-refractivity contribution is -0.118. The van der Waals surface area contributed by atoms with E-state index in [9.17, 15) is 9.59 Å². The van der Waals surface area contributed by atoms with Gasteiger partial charge in [-0.05, 0) is 48.2 Å². The Balaban J connectivity index is 1.45. The Bertz CT molecular complexity index is 1340. The number of rotatable bonds is 7. The number of ether oxygens (including phenoxy) is 2. The van der Waals surface area contributed by atoms with Crippen molar-refractivity contribution in [1.29, 1.82) is 0 Å². The van der Waals surface area contributed by atoms with Crippen molar-refractivity contribution in [3.63, 3.8) is 0 Å². The Morgan fingerprint density at radius 3 is 2.44 bits per heavy atom. The topological polar surface area (TPSA) is 94.8 Å². The van der Waals surface area contributed by atoms with Gasteiger partial charge in [0.05, 0.1) is 6.20 Å². The molecule has 2 aromatic carbocycles. The number of nitrogens with zero attached hydrogens (tertiary/aromatic N) is 3. The van der Waals surface area contributed by atoms with Gasteiger partial charge in [-0.2, -0.15) is 0 Å². The van der Waals surface area contributed by atoms with E-state index in [4.69, 9.17) is 9.47 Å². The number of nitrogens with one attached hydrogen (secondary N) is 1. The number of carbonyl (C=O) groups excluding carboxylic acids is 2. The van der Waals surface area contributed by atoms with Crippen LogP contribution < -0.4 is 14.8 Å². The molecule has 0 bridgehead atoms. The van der Waals surface area contributed by atoms with Crippen LogP contribution in [0.15, 0.2) is 66.9 Å². The molecular weight excluding hydrogens is 432 g/mol. The number of aromatic nitrogens is 3. The Kier molecular flexibility index (Phi) is 6.32. The molecule has 2 heterocycles. The van der Waals surface area contributed by atoms with E-state index in [0.29, 0.717) is 34.4 Å². The number of amides is 1. The van der Waals surface area contributed by atoms with Gasteiger partial charge in [-0.3, -0.25) is 9.59 Å². The molecule has 0 atom stereocenters. The summed E-state index contributed by atoms with van der Waals surface area (Å²) in [5.74, 6) is 1.45.